The molecule has 1 N–H and O–H groups in total. The number of nitrogens with one attached hydrogen (secondary N) is 1. The van der Waals surface area contributed by atoms with E-state index in [4.69, 9.17) is 18.9 Å². The minimum absolute atomic E-state index is 0.228. The maximum absolute atomic E-state index is 13.1. The van der Waals surface area contributed by atoms with Crippen LogP contribution < -0.4 is 29.2 Å². The van der Waals surface area contributed by atoms with Crippen molar-refractivity contribution >= 4 is 29.3 Å². The Hall–Kier alpha value is -4.46. The topological polar surface area (TPSA) is 86.3 Å². The van der Waals surface area contributed by atoms with E-state index in [0.29, 0.717) is 51.2 Å². The molecule has 1 heterocycles. The summed E-state index contributed by atoms with van der Waals surface area (Å²) < 4.78 is 22.0. The fraction of sp³-hybridized carbons (Fsp3) is 0.185. The molecule has 0 unspecified atom stereocenters. The van der Waals surface area contributed by atoms with E-state index in [1.165, 1.54) is 27.4 Å². The van der Waals surface area contributed by atoms with Crippen molar-refractivity contribution in [2.45, 2.75) is 6.92 Å². The van der Waals surface area contributed by atoms with Gasteiger partial charge in [0.1, 0.15) is 5.75 Å². The molecule has 1 aliphatic rings. The zero-order valence-corrected chi connectivity index (χ0v) is 20.2. The number of aryl methyl sites for hydroxylation is 1. The Morgan fingerprint density at radius 1 is 0.943 bits per heavy atom. The first-order valence-corrected chi connectivity index (χ1v) is 10.8. The number of rotatable bonds is 6. The van der Waals surface area contributed by atoms with Crippen LogP contribution >= 0.6 is 0 Å². The van der Waals surface area contributed by atoms with E-state index in [9.17, 15) is 9.59 Å². The molecule has 8 heteroatoms. The highest BCUT2D eigenvalue weighted by Gasteiger charge is 2.26. The van der Waals surface area contributed by atoms with Crippen molar-refractivity contribution in [3.8, 4) is 28.7 Å². The van der Waals surface area contributed by atoms with Crippen LogP contribution in [0, 0.1) is 6.92 Å². The number of hydrogen-bond acceptors (Lipinski definition) is 6. The highest BCUT2D eigenvalue weighted by molar-refractivity contribution is 6.10. The molecule has 3 aromatic carbocycles. The molecule has 3 aromatic rings. The Bertz CT molecular complexity index is 1310. The summed E-state index contributed by atoms with van der Waals surface area (Å²) in [5, 5.41) is 2.79. The van der Waals surface area contributed by atoms with E-state index in [0.717, 1.165) is 5.56 Å². The van der Waals surface area contributed by atoms with Crippen LogP contribution in [0.3, 0.4) is 0 Å². The van der Waals surface area contributed by atoms with Gasteiger partial charge in [-0.2, -0.15) is 0 Å². The van der Waals surface area contributed by atoms with E-state index in [2.05, 4.69) is 5.32 Å². The van der Waals surface area contributed by atoms with Crippen LogP contribution in [0.15, 0.2) is 54.6 Å². The fourth-order valence-corrected chi connectivity index (χ4v) is 3.80. The molecule has 0 spiro atoms. The molecular weight excluding hydrogens is 448 g/mol. The summed E-state index contributed by atoms with van der Waals surface area (Å²) in [6.45, 7) is 1.95. The zero-order chi connectivity index (χ0) is 25.1. The number of benzene rings is 3. The predicted molar refractivity (Wildman–Crippen MR) is 134 cm³/mol. The second-order valence-electron chi connectivity index (χ2n) is 7.93. The summed E-state index contributed by atoms with van der Waals surface area (Å²) in [6.07, 6.45) is 3.01. The zero-order valence-electron chi connectivity index (χ0n) is 20.2. The summed E-state index contributed by atoms with van der Waals surface area (Å²) in [5.74, 6) is 1.86. The van der Waals surface area contributed by atoms with Gasteiger partial charge in [-0.1, -0.05) is 6.07 Å². The molecule has 0 radical (unpaired) electrons. The molecular formula is C27H26N2O6. The first kappa shape index (κ1) is 23.7. The molecule has 1 aliphatic heterocycles. The van der Waals surface area contributed by atoms with Gasteiger partial charge in [0.05, 0.1) is 32.6 Å². The molecule has 8 nitrogen and oxygen atoms in total. The Labute approximate surface area is 203 Å². The highest BCUT2D eigenvalue weighted by atomic mass is 16.5. The Balaban J connectivity index is 1.55. The first-order chi connectivity index (χ1) is 16.8. The molecule has 0 fully saturated rings. The average Bonchev–Trinajstić information content (AvgIpc) is 2.96. The van der Waals surface area contributed by atoms with Crippen LogP contribution in [-0.2, 0) is 4.79 Å². The second-order valence-corrected chi connectivity index (χ2v) is 7.93. The molecule has 0 aromatic heterocycles. The Morgan fingerprint density at radius 2 is 1.63 bits per heavy atom. The van der Waals surface area contributed by atoms with Crippen molar-refractivity contribution in [3.05, 3.63) is 71.3 Å². The molecule has 0 atom stereocenters. The van der Waals surface area contributed by atoms with Gasteiger partial charge >= 0.3 is 0 Å². The Morgan fingerprint density at radius 3 is 2.29 bits per heavy atom. The van der Waals surface area contributed by atoms with Crippen LogP contribution in [0.25, 0.3) is 6.08 Å². The lowest BCUT2D eigenvalue weighted by molar-refractivity contribution is -0.111. The number of carbonyl (C=O) groups is 2. The number of nitrogens with zero attached hydrogens (tertiary/aromatic N) is 1. The van der Waals surface area contributed by atoms with Crippen molar-refractivity contribution < 1.29 is 28.5 Å². The maximum Gasteiger partial charge on any atom is 0.261 e. The minimum Gasteiger partial charge on any atom is -0.493 e. The number of ether oxygens (including phenoxy) is 4. The van der Waals surface area contributed by atoms with Crippen LogP contribution in [0.2, 0.25) is 0 Å². The van der Waals surface area contributed by atoms with E-state index in [1.807, 2.05) is 25.1 Å². The molecule has 0 saturated carbocycles. The Kier molecular flexibility index (Phi) is 6.64. The monoisotopic (exact) mass is 474 g/mol. The highest BCUT2D eigenvalue weighted by Crippen LogP contribution is 2.40. The van der Waals surface area contributed by atoms with Crippen LogP contribution in [0.4, 0.5) is 11.4 Å². The van der Waals surface area contributed by atoms with Crippen LogP contribution in [0.1, 0.15) is 21.5 Å². The summed E-state index contributed by atoms with van der Waals surface area (Å²) >= 11 is 0. The molecule has 0 bridgehead atoms. The van der Waals surface area contributed by atoms with Crippen molar-refractivity contribution in [1.82, 2.24) is 0 Å². The molecule has 35 heavy (non-hydrogen) atoms. The van der Waals surface area contributed by atoms with E-state index >= 15 is 0 Å². The van der Waals surface area contributed by atoms with Crippen molar-refractivity contribution in [1.29, 1.82) is 0 Å². The van der Waals surface area contributed by atoms with Crippen LogP contribution in [-0.4, -0.2) is 40.2 Å². The number of fused-ring (bicyclic) bond motifs is 2. The third-order valence-corrected chi connectivity index (χ3v) is 5.59. The maximum atomic E-state index is 13.1. The number of anilines is 2. The van der Waals surface area contributed by atoms with Crippen molar-refractivity contribution in [2.24, 2.45) is 0 Å². The van der Waals surface area contributed by atoms with Gasteiger partial charge in [0.25, 0.3) is 5.91 Å². The number of hydrogen-bond donors (Lipinski definition) is 1. The largest absolute Gasteiger partial charge is 0.493 e. The van der Waals surface area contributed by atoms with Gasteiger partial charge in [0, 0.05) is 18.8 Å². The standard InChI is InChI=1S/C27H26N2O6/c1-16-6-9-22-20(12-16)29(2)27(31)19-15-18(8-10-21(19)35-22)28-25(30)11-7-17-13-23(32-3)26(34-5)24(14-17)33-4/h6-15H,1-5H3,(H,28,30)/b11-7+. The number of carbonyl (C=O) groups excluding carboxylic acids is 2. The normalized spacial score (nSPS) is 12.4. The fourth-order valence-electron chi connectivity index (χ4n) is 3.80. The number of amides is 2. The second kappa shape index (κ2) is 9.80. The summed E-state index contributed by atoms with van der Waals surface area (Å²) in [4.78, 5) is 27.3. The molecule has 0 saturated heterocycles. The van der Waals surface area contributed by atoms with E-state index in [1.54, 1.807) is 48.4 Å². The lowest BCUT2D eigenvalue weighted by Gasteiger charge is -2.16. The average molecular weight is 475 g/mol. The molecule has 180 valence electrons. The first-order valence-electron chi connectivity index (χ1n) is 10.8. The molecule has 0 aliphatic carbocycles. The van der Waals surface area contributed by atoms with Gasteiger partial charge in [-0.05, 0) is 66.6 Å². The van der Waals surface area contributed by atoms with Crippen molar-refractivity contribution in [3.63, 3.8) is 0 Å². The van der Waals surface area contributed by atoms with Gasteiger partial charge in [-0.3, -0.25) is 9.59 Å². The van der Waals surface area contributed by atoms with E-state index < -0.39 is 0 Å². The van der Waals surface area contributed by atoms with Gasteiger partial charge in [0.2, 0.25) is 11.7 Å². The summed E-state index contributed by atoms with van der Waals surface area (Å²) in [7, 11) is 6.28. The predicted octanol–water partition coefficient (Wildman–Crippen LogP) is 5.06. The lowest BCUT2D eigenvalue weighted by atomic mass is 10.1. The molecule has 4 rings (SSSR count). The lowest BCUT2D eigenvalue weighted by Crippen LogP contribution is -2.25. The van der Waals surface area contributed by atoms with Crippen LogP contribution in [0.5, 0.6) is 28.7 Å². The summed E-state index contributed by atoms with van der Waals surface area (Å²) in [5.41, 5.74) is 3.22. The quantitative estimate of drug-likeness (QED) is 0.503. The smallest absolute Gasteiger partial charge is 0.261 e. The third-order valence-electron chi connectivity index (χ3n) is 5.59. The van der Waals surface area contributed by atoms with Gasteiger partial charge in [0.15, 0.2) is 17.2 Å². The summed E-state index contributed by atoms with van der Waals surface area (Å²) in [6, 6.07) is 14.1. The SMILES string of the molecule is COc1cc(/C=C/C(=O)Nc2ccc3c(c2)C(=O)N(C)c2cc(C)ccc2O3)cc(OC)c1OC. The van der Waals surface area contributed by atoms with E-state index in [-0.39, 0.29) is 11.8 Å². The molecule has 2 amide bonds. The van der Waals surface area contributed by atoms with Gasteiger partial charge in [-0.15, -0.1) is 0 Å². The van der Waals surface area contributed by atoms with Gasteiger partial charge < -0.3 is 29.2 Å². The third kappa shape index (κ3) is 4.77. The number of methoxy groups -OCH3 is 3. The van der Waals surface area contributed by atoms with Gasteiger partial charge in [-0.25, -0.2) is 0 Å². The van der Waals surface area contributed by atoms with Crippen molar-refractivity contribution in [2.75, 3.05) is 38.6 Å². The minimum atomic E-state index is -0.368.